The van der Waals surface area contributed by atoms with Gasteiger partial charge in [0.1, 0.15) is 11.1 Å². The summed E-state index contributed by atoms with van der Waals surface area (Å²) in [6, 6.07) is 1.94. The van der Waals surface area contributed by atoms with Crippen LogP contribution in [-0.4, -0.2) is 24.7 Å². The van der Waals surface area contributed by atoms with E-state index >= 15 is 0 Å². The van der Waals surface area contributed by atoms with Gasteiger partial charge in [-0.05, 0) is 18.7 Å². The van der Waals surface area contributed by atoms with E-state index in [-0.39, 0.29) is 11.4 Å². The third-order valence-electron chi connectivity index (χ3n) is 2.00. The number of aromatic amines is 1. The molecule has 0 amide bonds. The van der Waals surface area contributed by atoms with Crippen LogP contribution in [0.4, 0.5) is 0 Å². The topological polar surface area (TPSA) is 100 Å². The maximum absolute atomic E-state index is 11.3. The molecule has 0 aliphatic heterocycles. The van der Waals surface area contributed by atoms with Crippen LogP contribution < -0.4 is 5.69 Å². The van der Waals surface area contributed by atoms with Gasteiger partial charge in [0.05, 0.1) is 0 Å². The van der Waals surface area contributed by atoms with Crippen molar-refractivity contribution in [1.82, 2.24) is 24.7 Å². The summed E-state index contributed by atoms with van der Waals surface area (Å²) < 4.78 is 1.46. The molecular weight excluding hydrogens is 240 g/mol. The molecule has 0 saturated heterocycles. The summed E-state index contributed by atoms with van der Waals surface area (Å²) in [6.07, 6.45) is 2.93. The highest BCUT2D eigenvalue weighted by atomic mass is 32.2. The van der Waals surface area contributed by atoms with Crippen molar-refractivity contribution in [1.29, 1.82) is 5.26 Å². The maximum atomic E-state index is 11.3. The van der Waals surface area contributed by atoms with Crippen molar-refractivity contribution in [2.75, 3.05) is 0 Å². The van der Waals surface area contributed by atoms with Crippen molar-refractivity contribution in [3.63, 3.8) is 0 Å². The average Bonchev–Trinajstić information content (AvgIpc) is 2.70. The molecule has 0 fully saturated rings. The summed E-state index contributed by atoms with van der Waals surface area (Å²) in [5, 5.41) is 16.0. The predicted molar refractivity (Wildman–Crippen MR) is 59.4 cm³/mol. The standard InChI is InChI=1S/C9H8N6OS/c1-2-15-8(16)13-14-9(15)17-7-6(5-10)11-3-4-12-7/h3-4H,2H2,1H3,(H,13,16). The monoisotopic (exact) mass is 248 g/mol. The first-order valence-electron chi connectivity index (χ1n) is 4.80. The van der Waals surface area contributed by atoms with Crippen LogP contribution in [0.2, 0.25) is 0 Å². The lowest BCUT2D eigenvalue weighted by Crippen LogP contribution is -2.16. The van der Waals surface area contributed by atoms with Crippen molar-refractivity contribution in [2.45, 2.75) is 23.7 Å². The van der Waals surface area contributed by atoms with Gasteiger partial charge < -0.3 is 0 Å². The van der Waals surface area contributed by atoms with E-state index in [0.29, 0.717) is 16.7 Å². The Labute approximate surface area is 101 Å². The lowest BCUT2D eigenvalue weighted by molar-refractivity contribution is 0.660. The van der Waals surface area contributed by atoms with E-state index < -0.39 is 0 Å². The number of nitrogens with zero attached hydrogens (tertiary/aromatic N) is 5. The van der Waals surface area contributed by atoms with E-state index in [1.54, 1.807) is 0 Å². The first-order chi connectivity index (χ1) is 8.26. The molecule has 0 bridgehead atoms. The molecule has 0 radical (unpaired) electrons. The van der Waals surface area contributed by atoms with Crippen LogP contribution in [0.1, 0.15) is 12.6 Å². The number of hydrogen-bond acceptors (Lipinski definition) is 6. The maximum Gasteiger partial charge on any atom is 0.343 e. The molecule has 0 aliphatic rings. The van der Waals surface area contributed by atoms with Gasteiger partial charge in [0, 0.05) is 18.9 Å². The molecule has 0 aromatic carbocycles. The summed E-state index contributed by atoms with van der Waals surface area (Å²) in [7, 11) is 0. The third kappa shape index (κ3) is 2.19. The Hall–Kier alpha value is -2.14. The van der Waals surface area contributed by atoms with Gasteiger partial charge in [0.15, 0.2) is 10.9 Å². The summed E-state index contributed by atoms with van der Waals surface area (Å²) in [5.74, 6) is 0. The Morgan fingerprint density at radius 2 is 2.29 bits per heavy atom. The zero-order chi connectivity index (χ0) is 12.3. The summed E-state index contributed by atoms with van der Waals surface area (Å²) >= 11 is 1.14. The molecule has 0 spiro atoms. The predicted octanol–water partition coefficient (Wildman–Crippen LogP) is 0.404. The number of nitriles is 1. The molecule has 2 heterocycles. The van der Waals surface area contributed by atoms with Crippen LogP contribution >= 0.6 is 11.8 Å². The molecular formula is C9H8N6OS. The molecule has 17 heavy (non-hydrogen) atoms. The normalized spacial score (nSPS) is 10.1. The Kier molecular flexibility index (Phi) is 3.20. The number of nitrogens with one attached hydrogen (secondary N) is 1. The van der Waals surface area contributed by atoms with Crippen LogP contribution in [0.5, 0.6) is 0 Å². The van der Waals surface area contributed by atoms with E-state index in [1.165, 1.54) is 17.0 Å². The second-order valence-corrected chi connectivity index (χ2v) is 3.94. The fourth-order valence-corrected chi connectivity index (χ4v) is 2.12. The van der Waals surface area contributed by atoms with Gasteiger partial charge in [0.25, 0.3) is 0 Å². The number of rotatable bonds is 3. The fraction of sp³-hybridized carbons (Fsp3) is 0.222. The van der Waals surface area contributed by atoms with Gasteiger partial charge in [-0.15, -0.1) is 5.10 Å². The lowest BCUT2D eigenvalue weighted by Gasteiger charge is -2.01. The molecule has 0 saturated carbocycles. The fourth-order valence-electron chi connectivity index (χ4n) is 1.22. The Morgan fingerprint density at radius 3 is 3.00 bits per heavy atom. The van der Waals surface area contributed by atoms with E-state index in [9.17, 15) is 4.79 Å². The number of H-pyrrole nitrogens is 1. The van der Waals surface area contributed by atoms with Crippen molar-refractivity contribution >= 4 is 11.8 Å². The van der Waals surface area contributed by atoms with Crippen LogP contribution in [-0.2, 0) is 6.54 Å². The average molecular weight is 248 g/mol. The highest BCUT2D eigenvalue weighted by Crippen LogP contribution is 2.24. The summed E-state index contributed by atoms with van der Waals surface area (Å²) in [5.41, 5.74) is -0.0620. The molecule has 2 aromatic rings. The zero-order valence-electron chi connectivity index (χ0n) is 8.91. The number of hydrogen-bond donors (Lipinski definition) is 1. The first-order valence-corrected chi connectivity index (χ1v) is 5.62. The third-order valence-corrected chi connectivity index (χ3v) is 2.98. The van der Waals surface area contributed by atoms with Crippen LogP contribution in [0, 0.1) is 11.3 Å². The highest BCUT2D eigenvalue weighted by molar-refractivity contribution is 7.99. The van der Waals surface area contributed by atoms with Crippen LogP contribution in [0.3, 0.4) is 0 Å². The second kappa shape index (κ2) is 4.80. The Morgan fingerprint density at radius 1 is 1.53 bits per heavy atom. The number of aromatic nitrogens is 5. The largest absolute Gasteiger partial charge is 0.343 e. The van der Waals surface area contributed by atoms with E-state index in [1.807, 2.05) is 13.0 Å². The molecule has 2 rings (SSSR count). The van der Waals surface area contributed by atoms with E-state index in [2.05, 4.69) is 20.2 Å². The van der Waals surface area contributed by atoms with Gasteiger partial charge in [-0.1, -0.05) is 0 Å². The molecule has 0 atom stereocenters. The van der Waals surface area contributed by atoms with Gasteiger partial charge in [0.2, 0.25) is 0 Å². The zero-order valence-corrected chi connectivity index (χ0v) is 9.73. The van der Waals surface area contributed by atoms with E-state index in [4.69, 9.17) is 5.26 Å². The van der Waals surface area contributed by atoms with Gasteiger partial charge >= 0.3 is 5.69 Å². The Bertz CT molecular complexity index is 625. The second-order valence-electron chi connectivity index (χ2n) is 2.98. The molecule has 7 nitrogen and oxygen atoms in total. The molecule has 0 unspecified atom stereocenters. The quantitative estimate of drug-likeness (QED) is 0.844. The van der Waals surface area contributed by atoms with Gasteiger partial charge in [-0.25, -0.2) is 19.9 Å². The van der Waals surface area contributed by atoms with Gasteiger partial charge in [-0.3, -0.25) is 4.57 Å². The lowest BCUT2D eigenvalue weighted by atomic mass is 10.5. The van der Waals surface area contributed by atoms with Crippen molar-refractivity contribution in [2.24, 2.45) is 0 Å². The highest BCUT2D eigenvalue weighted by Gasteiger charge is 2.12. The molecule has 0 aliphatic carbocycles. The molecule has 8 heteroatoms. The minimum atomic E-state index is -0.280. The SMILES string of the molecule is CCn1c(Sc2nccnc2C#N)n[nH]c1=O. The summed E-state index contributed by atoms with van der Waals surface area (Å²) in [6.45, 7) is 2.34. The minimum absolute atomic E-state index is 0.218. The molecule has 86 valence electrons. The van der Waals surface area contributed by atoms with E-state index in [0.717, 1.165) is 11.8 Å². The van der Waals surface area contributed by atoms with Crippen LogP contribution in [0.25, 0.3) is 0 Å². The summed E-state index contributed by atoms with van der Waals surface area (Å²) in [4.78, 5) is 19.3. The minimum Gasteiger partial charge on any atom is -0.270 e. The van der Waals surface area contributed by atoms with Crippen molar-refractivity contribution in [3.8, 4) is 6.07 Å². The Balaban J connectivity index is 2.38. The van der Waals surface area contributed by atoms with Crippen molar-refractivity contribution in [3.05, 3.63) is 28.6 Å². The molecule has 1 N–H and O–H groups in total. The molecule has 2 aromatic heterocycles. The van der Waals surface area contributed by atoms with Crippen molar-refractivity contribution < 1.29 is 0 Å². The smallest absolute Gasteiger partial charge is 0.270 e. The van der Waals surface area contributed by atoms with Crippen LogP contribution in [0.15, 0.2) is 27.4 Å². The van der Waals surface area contributed by atoms with Gasteiger partial charge in [-0.2, -0.15) is 5.26 Å². The first kappa shape index (κ1) is 11.3.